The minimum absolute atomic E-state index is 0.328. The highest BCUT2D eigenvalue weighted by Gasteiger charge is 2.20. The Morgan fingerprint density at radius 2 is 1.73 bits per heavy atom. The maximum Gasteiger partial charge on any atom is 0.338 e. The fourth-order valence-corrected chi connectivity index (χ4v) is 1.90. The number of anilines is 1. The van der Waals surface area contributed by atoms with Crippen LogP contribution in [0, 0.1) is 0 Å². The first-order valence-electron chi connectivity index (χ1n) is 7.05. The van der Waals surface area contributed by atoms with Crippen LogP contribution < -0.4 is 16.0 Å². The second-order valence-corrected chi connectivity index (χ2v) is 4.62. The number of nitrogens with two attached hydrogens (primary N) is 1. The zero-order valence-corrected chi connectivity index (χ0v) is 13.0. The molecule has 0 radical (unpaired) electrons. The molecule has 0 aliphatic rings. The first-order chi connectivity index (χ1) is 10.4. The van der Waals surface area contributed by atoms with Gasteiger partial charge in [-0.15, -0.1) is 0 Å². The molecule has 0 aliphatic heterocycles. The largest absolute Gasteiger partial charge is 0.449 e. The van der Waals surface area contributed by atoms with Crippen molar-refractivity contribution in [2.75, 3.05) is 18.0 Å². The molecule has 1 rings (SSSR count). The summed E-state index contributed by atoms with van der Waals surface area (Å²) in [6.07, 6.45) is -1.11. The van der Waals surface area contributed by atoms with Crippen LogP contribution in [-0.2, 0) is 9.53 Å². The van der Waals surface area contributed by atoms with Crippen molar-refractivity contribution in [1.29, 1.82) is 0 Å². The number of carbonyl (C=O) groups is 3. The van der Waals surface area contributed by atoms with E-state index in [-0.39, 0.29) is 0 Å². The van der Waals surface area contributed by atoms with Crippen LogP contribution >= 0.6 is 0 Å². The summed E-state index contributed by atoms with van der Waals surface area (Å²) in [7, 11) is 0. The summed E-state index contributed by atoms with van der Waals surface area (Å²) in [5.74, 6) is -1.40. The maximum absolute atomic E-state index is 11.9. The Hall–Kier alpha value is -2.57. The fourth-order valence-electron chi connectivity index (χ4n) is 1.90. The molecule has 0 saturated heterocycles. The number of nitrogens with one attached hydrogen (secondary N) is 1. The van der Waals surface area contributed by atoms with Gasteiger partial charge in [0.05, 0.1) is 5.56 Å². The Labute approximate surface area is 129 Å². The molecule has 7 nitrogen and oxygen atoms in total. The van der Waals surface area contributed by atoms with Gasteiger partial charge < -0.3 is 15.4 Å². The van der Waals surface area contributed by atoms with Gasteiger partial charge in [0.2, 0.25) is 0 Å². The van der Waals surface area contributed by atoms with Crippen LogP contribution in [0.1, 0.15) is 31.1 Å². The third kappa shape index (κ3) is 4.76. The number of nitrogens with zero attached hydrogens (tertiary/aromatic N) is 1. The van der Waals surface area contributed by atoms with E-state index < -0.39 is 24.0 Å². The van der Waals surface area contributed by atoms with Crippen molar-refractivity contribution in [2.45, 2.75) is 26.9 Å². The molecule has 1 unspecified atom stereocenters. The molecule has 0 bridgehead atoms. The van der Waals surface area contributed by atoms with Crippen molar-refractivity contribution in [3.8, 4) is 0 Å². The van der Waals surface area contributed by atoms with E-state index in [0.717, 1.165) is 18.8 Å². The van der Waals surface area contributed by atoms with Crippen LogP contribution in [0.5, 0.6) is 0 Å². The van der Waals surface area contributed by atoms with E-state index in [9.17, 15) is 14.4 Å². The summed E-state index contributed by atoms with van der Waals surface area (Å²) in [4.78, 5) is 36.1. The highest BCUT2D eigenvalue weighted by atomic mass is 16.5. The molecular weight excluding hydrogens is 286 g/mol. The molecule has 3 amide bonds. The molecule has 0 spiro atoms. The molecule has 3 N–H and O–H groups in total. The molecule has 0 saturated carbocycles. The molecule has 0 aromatic heterocycles. The van der Waals surface area contributed by atoms with Gasteiger partial charge in [-0.25, -0.2) is 9.59 Å². The van der Waals surface area contributed by atoms with Gasteiger partial charge in [0, 0.05) is 18.8 Å². The molecule has 1 aromatic rings. The average Bonchev–Trinajstić information content (AvgIpc) is 2.48. The lowest BCUT2D eigenvalue weighted by Gasteiger charge is -2.21. The first-order valence-corrected chi connectivity index (χ1v) is 7.05. The summed E-state index contributed by atoms with van der Waals surface area (Å²) in [6.45, 7) is 7.19. The number of hydrogen-bond donors (Lipinski definition) is 2. The number of imide groups is 1. The van der Waals surface area contributed by atoms with Gasteiger partial charge in [-0.1, -0.05) is 0 Å². The second-order valence-electron chi connectivity index (χ2n) is 4.62. The number of rotatable bonds is 6. The maximum atomic E-state index is 11.9. The van der Waals surface area contributed by atoms with Crippen molar-refractivity contribution in [1.82, 2.24) is 5.32 Å². The summed E-state index contributed by atoms with van der Waals surface area (Å²) in [5, 5.41) is 1.85. The van der Waals surface area contributed by atoms with Gasteiger partial charge in [-0.2, -0.15) is 0 Å². The third-order valence-corrected chi connectivity index (χ3v) is 3.13. The zero-order valence-electron chi connectivity index (χ0n) is 13.0. The fraction of sp³-hybridized carbons (Fsp3) is 0.400. The van der Waals surface area contributed by atoms with E-state index in [1.165, 1.54) is 6.92 Å². The second kappa shape index (κ2) is 8.02. The number of esters is 1. The summed E-state index contributed by atoms with van der Waals surface area (Å²) in [5.41, 5.74) is 6.16. The Kier molecular flexibility index (Phi) is 6.37. The van der Waals surface area contributed by atoms with Gasteiger partial charge in [0.25, 0.3) is 5.91 Å². The van der Waals surface area contributed by atoms with E-state index in [1.54, 1.807) is 12.1 Å². The summed E-state index contributed by atoms with van der Waals surface area (Å²) < 4.78 is 4.98. The molecule has 7 heteroatoms. The van der Waals surface area contributed by atoms with Crippen molar-refractivity contribution < 1.29 is 19.1 Å². The molecule has 120 valence electrons. The number of primary amides is 1. The normalized spacial score (nSPS) is 11.4. The van der Waals surface area contributed by atoms with Gasteiger partial charge in [0.15, 0.2) is 6.10 Å². The minimum Gasteiger partial charge on any atom is -0.449 e. The Morgan fingerprint density at radius 1 is 1.18 bits per heavy atom. The van der Waals surface area contributed by atoms with Crippen LogP contribution in [-0.4, -0.2) is 37.1 Å². The number of hydrogen-bond acceptors (Lipinski definition) is 5. The zero-order chi connectivity index (χ0) is 16.7. The highest BCUT2D eigenvalue weighted by molar-refractivity contribution is 5.98. The Morgan fingerprint density at radius 3 is 2.18 bits per heavy atom. The molecule has 0 fully saturated rings. The quantitative estimate of drug-likeness (QED) is 0.771. The molecule has 0 aliphatic carbocycles. The van der Waals surface area contributed by atoms with Crippen LogP contribution in [0.15, 0.2) is 24.3 Å². The first kappa shape index (κ1) is 17.5. The van der Waals surface area contributed by atoms with Crippen molar-refractivity contribution >= 4 is 23.6 Å². The van der Waals surface area contributed by atoms with E-state index in [1.807, 2.05) is 31.3 Å². The van der Waals surface area contributed by atoms with Crippen molar-refractivity contribution in [3.63, 3.8) is 0 Å². The summed E-state index contributed by atoms with van der Waals surface area (Å²) in [6, 6.07) is 5.91. The lowest BCUT2D eigenvalue weighted by molar-refractivity contribution is -0.127. The van der Waals surface area contributed by atoms with Gasteiger partial charge in [-0.05, 0) is 45.0 Å². The molecule has 22 heavy (non-hydrogen) atoms. The van der Waals surface area contributed by atoms with E-state index in [2.05, 4.69) is 4.90 Å². The van der Waals surface area contributed by atoms with Crippen LogP contribution in [0.25, 0.3) is 0 Å². The molecule has 1 atom stereocenters. The predicted molar refractivity (Wildman–Crippen MR) is 82.6 cm³/mol. The van der Waals surface area contributed by atoms with E-state index in [0.29, 0.717) is 5.56 Å². The smallest absolute Gasteiger partial charge is 0.338 e. The lowest BCUT2D eigenvalue weighted by atomic mass is 10.2. The Bertz CT molecular complexity index is 538. The van der Waals surface area contributed by atoms with Crippen LogP contribution in [0.4, 0.5) is 10.5 Å². The molecule has 0 heterocycles. The number of benzene rings is 1. The number of ether oxygens (including phenoxy) is 1. The van der Waals surface area contributed by atoms with Gasteiger partial charge in [-0.3, -0.25) is 10.1 Å². The standard InChI is InChI=1S/C15H21N3O4/c1-4-18(5-2)12-8-6-11(7-9-12)14(20)22-10(3)13(19)17-15(16)21/h6-10H,4-5H2,1-3H3,(H3,16,17,19,21). The molecular formula is C15H21N3O4. The number of carbonyl (C=O) groups excluding carboxylic acids is 3. The van der Waals surface area contributed by atoms with Gasteiger partial charge >= 0.3 is 12.0 Å². The number of amides is 3. The summed E-state index contributed by atoms with van der Waals surface area (Å²) >= 11 is 0. The highest BCUT2D eigenvalue weighted by Crippen LogP contribution is 2.15. The predicted octanol–water partition coefficient (Wildman–Crippen LogP) is 1.27. The van der Waals surface area contributed by atoms with Crippen molar-refractivity contribution in [3.05, 3.63) is 29.8 Å². The monoisotopic (exact) mass is 307 g/mol. The third-order valence-electron chi connectivity index (χ3n) is 3.13. The minimum atomic E-state index is -1.11. The van der Waals surface area contributed by atoms with Crippen LogP contribution in [0.2, 0.25) is 0 Å². The van der Waals surface area contributed by atoms with E-state index in [4.69, 9.17) is 10.5 Å². The van der Waals surface area contributed by atoms with Crippen molar-refractivity contribution in [2.24, 2.45) is 5.73 Å². The van der Waals surface area contributed by atoms with Crippen LogP contribution in [0.3, 0.4) is 0 Å². The average molecular weight is 307 g/mol. The van der Waals surface area contributed by atoms with E-state index >= 15 is 0 Å². The molecule has 1 aromatic carbocycles. The SMILES string of the molecule is CCN(CC)c1ccc(C(=O)OC(C)C(=O)NC(N)=O)cc1. The lowest BCUT2D eigenvalue weighted by Crippen LogP contribution is -2.42. The number of urea groups is 1. The Balaban J connectivity index is 2.70. The topological polar surface area (TPSA) is 102 Å². The van der Waals surface area contributed by atoms with Gasteiger partial charge in [0.1, 0.15) is 0 Å².